The van der Waals surface area contributed by atoms with E-state index in [-0.39, 0.29) is 5.78 Å². The largest absolute Gasteiger partial charge is 0.451 e. The molecule has 0 spiro atoms. The Morgan fingerprint density at radius 2 is 1.68 bits per heavy atom. The predicted octanol–water partition coefficient (Wildman–Crippen LogP) is 4.17. The van der Waals surface area contributed by atoms with Crippen molar-refractivity contribution in [2.45, 2.75) is 13.0 Å². The van der Waals surface area contributed by atoms with Gasteiger partial charge in [0.25, 0.3) is 0 Å². The number of ketones is 1. The maximum atomic E-state index is 12.1. The second-order valence-corrected chi connectivity index (χ2v) is 5.13. The van der Waals surface area contributed by atoms with Crippen LogP contribution in [0.3, 0.4) is 0 Å². The average Bonchev–Trinajstić information content (AvgIpc) is 2.54. The molecule has 0 aliphatic heterocycles. The van der Waals surface area contributed by atoms with Gasteiger partial charge in [0.15, 0.2) is 6.10 Å². The first-order valence-corrected chi connectivity index (χ1v) is 7.17. The number of Topliss-reactive ketones (excluding diaryl/α,β-unsaturated/α-hetero) is 1. The van der Waals surface area contributed by atoms with Crippen LogP contribution in [0, 0.1) is 0 Å². The number of hydrogen-bond acceptors (Lipinski definition) is 3. The normalized spacial score (nSPS) is 12.1. The van der Waals surface area contributed by atoms with Gasteiger partial charge in [0.1, 0.15) is 0 Å². The van der Waals surface area contributed by atoms with E-state index in [0.29, 0.717) is 10.6 Å². The zero-order valence-corrected chi connectivity index (χ0v) is 12.8. The lowest BCUT2D eigenvalue weighted by Crippen LogP contribution is -2.23. The van der Waals surface area contributed by atoms with Gasteiger partial charge >= 0.3 is 5.97 Å². The van der Waals surface area contributed by atoms with Gasteiger partial charge in [-0.25, -0.2) is 4.79 Å². The number of ether oxygens (including phenoxy) is 1. The molecule has 4 heteroatoms. The second kappa shape index (κ2) is 7.57. The van der Waals surface area contributed by atoms with Crippen LogP contribution >= 0.6 is 11.6 Å². The fraction of sp³-hybridized carbons (Fsp3) is 0.111. The van der Waals surface area contributed by atoms with E-state index < -0.39 is 12.1 Å². The molecule has 0 N–H and O–H groups in total. The average molecular weight is 315 g/mol. The minimum absolute atomic E-state index is 0.266. The van der Waals surface area contributed by atoms with Gasteiger partial charge in [0, 0.05) is 16.7 Å². The highest BCUT2D eigenvalue weighted by Gasteiger charge is 2.18. The Hall–Kier alpha value is -2.39. The first-order chi connectivity index (χ1) is 10.6. The smallest absolute Gasteiger partial charge is 0.331 e. The summed E-state index contributed by atoms with van der Waals surface area (Å²) in [6.45, 7) is 1.55. The Morgan fingerprint density at radius 1 is 1.05 bits per heavy atom. The first kappa shape index (κ1) is 16.0. The molecule has 0 aliphatic carbocycles. The van der Waals surface area contributed by atoms with Crippen molar-refractivity contribution in [2.24, 2.45) is 0 Å². The van der Waals surface area contributed by atoms with Crippen molar-refractivity contribution in [3.8, 4) is 0 Å². The molecule has 1 unspecified atom stereocenters. The Morgan fingerprint density at radius 3 is 2.32 bits per heavy atom. The number of halogens is 1. The molecular formula is C18H15ClO3. The van der Waals surface area contributed by atoms with Gasteiger partial charge in [-0.2, -0.15) is 0 Å². The molecule has 0 amide bonds. The molecular weight excluding hydrogens is 300 g/mol. The zero-order valence-electron chi connectivity index (χ0n) is 12.0. The summed E-state index contributed by atoms with van der Waals surface area (Å²) in [5.74, 6) is -0.822. The Labute approximate surface area is 134 Å². The molecule has 0 bridgehead atoms. The van der Waals surface area contributed by atoms with Crippen molar-refractivity contribution < 1.29 is 14.3 Å². The molecule has 2 rings (SSSR count). The van der Waals surface area contributed by atoms with Gasteiger partial charge in [0.2, 0.25) is 5.78 Å². The molecule has 2 aromatic carbocycles. The highest BCUT2D eigenvalue weighted by atomic mass is 35.5. The van der Waals surface area contributed by atoms with Crippen LogP contribution in [0.4, 0.5) is 0 Å². The number of rotatable bonds is 5. The third-order valence-corrected chi connectivity index (χ3v) is 3.25. The van der Waals surface area contributed by atoms with Gasteiger partial charge in [0.05, 0.1) is 0 Å². The number of benzene rings is 2. The molecule has 2 aromatic rings. The van der Waals surface area contributed by atoms with Crippen LogP contribution in [-0.4, -0.2) is 17.9 Å². The van der Waals surface area contributed by atoms with E-state index in [1.807, 2.05) is 30.3 Å². The fourth-order valence-electron chi connectivity index (χ4n) is 1.84. The number of carbonyl (C=O) groups excluding carboxylic acids is 2. The van der Waals surface area contributed by atoms with Crippen LogP contribution in [0.15, 0.2) is 60.7 Å². The quantitative estimate of drug-likeness (QED) is 0.472. The predicted molar refractivity (Wildman–Crippen MR) is 86.8 cm³/mol. The van der Waals surface area contributed by atoms with Gasteiger partial charge in [-0.15, -0.1) is 0 Å². The lowest BCUT2D eigenvalue weighted by atomic mass is 10.1. The number of carbonyl (C=O) groups is 2. The Kier molecular flexibility index (Phi) is 5.50. The molecule has 112 valence electrons. The maximum Gasteiger partial charge on any atom is 0.331 e. The lowest BCUT2D eigenvalue weighted by Gasteiger charge is -2.10. The van der Waals surface area contributed by atoms with Crippen molar-refractivity contribution >= 4 is 29.4 Å². The molecule has 0 aliphatic rings. The molecule has 1 atom stereocenters. The van der Waals surface area contributed by atoms with Crippen LogP contribution in [0.2, 0.25) is 5.02 Å². The third-order valence-electron chi connectivity index (χ3n) is 3.00. The lowest BCUT2D eigenvalue weighted by molar-refractivity contribution is -0.140. The summed E-state index contributed by atoms with van der Waals surface area (Å²) in [5.41, 5.74) is 1.34. The molecule has 22 heavy (non-hydrogen) atoms. The Balaban J connectivity index is 1.94. The molecule has 0 aromatic heterocycles. The van der Waals surface area contributed by atoms with E-state index >= 15 is 0 Å². The summed E-state index contributed by atoms with van der Waals surface area (Å²) < 4.78 is 5.11. The van der Waals surface area contributed by atoms with E-state index in [4.69, 9.17) is 16.3 Å². The van der Waals surface area contributed by atoms with Crippen molar-refractivity contribution in [1.82, 2.24) is 0 Å². The third kappa shape index (κ3) is 4.57. The van der Waals surface area contributed by atoms with Crippen LogP contribution in [0.25, 0.3) is 6.08 Å². The first-order valence-electron chi connectivity index (χ1n) is 6.80. The van der Waals surface area contributed by atoms with E-state index in [9.17, 15) is 9.59 Å². The van der Waals surface area contributed by atoms with Gasteiger partial charge < -0.3 is 4.74 Å². The summed E-state index contributed by atoms with van der Waals surface area (Å²) in [6.07, 6.45) is 2.09. The fourth-order valence-corrected chi connectivity index (χ4v) is 1.97. The topological polar surface area (TPSA) is 43.4 Å². The molecule has 0 saturated carbocycles. The van der Waals surface area contributed by atoms with Crippen LogP contribution in [-0.2, 0) is 9.53 Å². The molecule has 0 fully saturated rings. The minimum atomic E-state index is -0.853. The number of hydrogen-bond donors (Lipinski definition) is 0. The highest BCUT2D eigenvalue weighted by Crippen LogP contribution is 2.12. The molecule has 0 saturated heterocycles. The standard InChI is InChI=1S/C18H15ClO3/c1-13(18(21)15-8-10-16(19)11-9-15)22-17(20)12-7-14-5-3-2-4-6-14/h2-13H,1H3/b12-7+. The minimum Gasteiger partial charge on any atom is -0.451 e. The van der Waals surface area contributed by atoms with Crippen molar-refractivity contribution in [3.63, 3.8) is 0 Å². The summed E-state index contributed by atoms with van der Waals surface area (Å²) >= 11 is 5.77. The van der Waals surface area contributed by atoms with Crippen LogP contribution in [0.1, 0.15) is 22.8 Å². The van der Waals surface area contributed by atoms with E-state index in [2.05, 4.69) is 0 Å². The Bertz CT molecular complexity index is 675. The summed E-state index contributed by atoms with van der Waals surface area (Å²) in [7, 11) is 0. The van der Waals surface area contributed by atoms with E-state index in [1.165, 1.54) is 6.08 Å². The monoisotopic (exact) mass is 314 g/mol. The SMILES string of the molecule is CC(OC(=O)/C=C/c1ccccc1)C(=O)c1ccc(Cl)cc1. The van der Waals surface area contributed by atoms with Gasteiger partial charge in [-0.1, -0.05) is 41.9 Å². The van der Waals surface area contributed by atoms with Crippen LogP contribution in [0.5, 0.6) is 0 Å². The highest BCUT2D eigenvalue weighted by molar-refractivity contribution is 6.30. The molecule has 3 nitrogen and oxygen atoms in total. The number of esters is 1. The van der Waals surface area contributed by atoms with E-state index in [1.54, 1.807) is 37.3 Å². The molecule has 0 radical (unpaired) electrons. The summed E-state index contributed by atoms with van der Waals surface area (Å²) in [5, 5.41) is 0.548. The zero-order chi connectivity index (χ0) is 15.9. The van der Waals surface area contributed by atoms with Crippen LogP contribution < -0.4 is 0 Å². The van der Waals surface area contributed by atoms with Crippen molar-refractivity contribution in [2.75, 3.05) is 0 Å². The second-order valence-electron chi connectivity index (χ2n) is 4.69. The summed E-state index contributed by atoms with van der Waals surface area (Å²) in [4.78, 5) is 23.9. The summed E-state index contributed by atoms with van der Waals surface area (Å²) in [6, 6.07) is 15.8. The maximum absolute atomic E-state index is 12.1. The van der Waals surface area contributed by atoms with Gasteiger partial charge in [-0.05, 0) is 42.8 Å². The van der Waals surface area contributed by atoms with E-state index in [0.717, 1.165) is 5.56 Å². The van der Waals surface area contributed by atoms with Crippen molar-refractivity contribution in [1.29, 1.82) is 0 Å². The van der Waals surface area contributed by atoms with Crippen molar-refractivity contribution in [3.05, 3.63) is 76.8 Å². The van der Waals surface area contributed by atoms with Gasteiger partial charge in [-0.3, -0.25) is 4.79 Å². The molecule has 0 heterocycles.